The quantitative estimate of drug-likeness (QED) is 0.0738. The summed E-state index contributed by atoms with van der Waals surface area (Å²) in [6, 6.07) is -0.869. The summed E-state index contributed by atoms with van der Waals surface area (Å²) in [6.45, 7) is 2.86. The van der Waals surface area contributed by atoms with Gasteiger partial charge in [-0.2, -0.15) is 0 Å². The van der Waals surface area contributed by atoms with E-state index < -0.39 is 79.3 Å². The van der Waals surface area contributed by atoms with Crippen LogP contribution in [-0.2, 0) is 38.1 Å². The zero-order valence-corrected chi connectivity index (χ0v) is 27.6. The van der Waals surface area contributed by atoms with Gasteiger partial charge < -0.3 is 70.4 Å². The van der Waals surface area contributed by atoms with Gasteiger partial charge in [-0.15, -0.1) is 0 Å². The fourth-order valence-corrected chi connectivity index (χ4v) is 5.83. The van der Waals surface area contributed by atoms with Gasteiger partial charge in [0.2, 0.25) is 23.6 Å². The molecule has 0 aromatic carbocycles. The van der Waals surface area contributed by atoms with E-state index in [4.69, 9.17) is 18.9 Å². The van der Waals surface area contributed by atoms with Crippen molar-refractivity contribution < 1.29 is 68.8 Å². The van der Waals surface area contributed by atoms with Crippen LogP contribution in [0.1, 0.15) is 52.4 Å². The lowest BCUT2D eigenvalue weighted by atomic mass is 9.91. The number of nitrogens with zero attached hydrogens (tertiary/aromatic N) is 1. The lowest BCUT2D eigenvalue weighted by Gasteiger charge is -2.39. The van der Waals surface area contributed by atoms with Crippen molar-refractivity contribution in [1.82, 2.24) is 20.9 Å². The van der Waals surface area contributed by atoms with Gasteiger partial charge in [-0.1, -0.05) is 0 Å². The highest BCUT2D eigenvalue weighted by molar-refractivity contribution is 5.89. The van der Waals surface area contributed by atoms with Crippen LogP contribution in [0.2, 0.25) is 0 Å². The second kappa shape index (κ2) is 19.0. The number of carbonyl (C=O) groups excluding carboxylic acids is 4. The topological polar surface area (TPSA) is 266 Å². The van der Waals surface area contributed by atoms with Gasteiger partial charge in [0.1, 0.15) is 42.7 Å². The monoisotopic (exact) mass is 692 g/mol. The molecule has 3 fully saturated rings. The molecule has 0 spiro atoms. The summed E-state index contributed by atoms with van der Waals surface area (Å²) in [4.78, 5) is 52.5. The number of nitrogens with one attached hydrogen (secondary N) is 3. The van der Waals surface area contributed by atoms with Gasteiger partial charge in [-0.05, 0) is 39.5 Å². The van der Waals surface area contributed by atoms with E-state index in [1.165, 1.54) is 25.8 Å². The molecule has 4 amide bonds. The molecule has 3 aliphatic rings. The number of aliphatic hydroxyl groups excluding tert-OH is 6. The lowest BCUT2D eigenvalue weighted by Crippen LogP contribution is -2.58. The fraction of sp³-hybridized carbons (Fsp3) is 0.867. The minimum Gasteiger partial charge on any atom is -0.388 e. The van der Waals surface area contributed by atoms with Gasteiger partial charge in [0.25, 0.3) is 0 Å². The number of aliphatic hydroxyl groups is 6. The van der Waals surface area contributed by atoms with E-state index in [0.717, 1.165) is 0 Å². The maximum Gasteiger partial charge on any atom is 0.242 e. The summed E-state index contributed by atoms with van der Waals surface area (Å²) in [6.07, 6.45) is -10.7. The normalized spacial score (nSPS) is 35.5. The van der Waals surface area contributed by atoms with Crippen LogP contribution < -0.4 is 16.0 Å². The number of hydrogen-bond acceptors (Lipinski definition) is 14. The third-order valence-corrected chi connectivity index (χ3v) is 8.88. The maximum atomic E-state index is 13.3. The van der Waals surface area contributed by atoms with Crippen LogP contribution >= 0.6 is 0 Å². The first-order valence-corrected chi connectivity index (χ1v) is 16.4. The molecule has 9 N–H and O–H groups in total. The van der Waals surface area contributed by atoms with E-state index in [-0.39, 0.29) is 69.8 Å². The molecule has 0 saturated carbocycles. The van der Waals surface area contributed by atoms with Crippen LogP contribution in [0.3, 0.4) is 0 Å². The zero-order valence-electron chi connectivity index (χ0n) is 27.6. The zero-order chi connectivity index (χ0) is 35.5. The fourth-order valence-electron chi connectivity index (χ4n) is 5.83. The van der Waals surface area contributed by atoms with Gasteiger partial charge in [0.05, 0.1) is 31.3 Å². The number of rotatable bonds is 15. The number of ether oxygens (including phenoxy) is 4. The standard InChI is InChI=1S/C30H52N4O14/c1-15-21(37)23(39)25(41)29(47-15)45-12-10-32-27(43)17-8-9-18(34(14-17)20(36)7-5-4-6-19(35)31-3)28(44)33-11-13-46-30-26(42)24(40)22(38)16(2)48-30/h15-18,21-26,29-30,37-42H,4-14H2,1-3H3,(H,31,35)(H,32,43)(H,33,44)/t15-,16-,17+,18+,21+,22+,23+,24+,25-,26-,29+,30+/m0/s1. The summed E-state index contributed by atoms with van der Waals surface area (Å²) in [5.41, 5.74) is 0. The molecule has 12 atom stereocenters. The Morgan fingerprint density at radius 3 is 1.73 bits per heavy atom. The van der Waals surface area contributed by atoms with Crippen LogP contribution in [-0.4, -0.2) is 167 Å². The third kappa shape index (κ3) is 10.7. The van der Waals surface area contributed by atoms with Crippen molar-refractivity contribution in [2.24, 2.45) is 5.92 Å². The molecular formula is C30H52N4O14. The van der Waals surface area contributed by atoms with Gasteiger partial charge in [0.15, 0.2) is 12.6 Å². The van der Waals surface area contributed by atoms with Crippen LogP contribution in [0.25, 0.3) is 0 Å². The summed E-state index contributed by atoms with van der Waals surface area (Å²) in [5, 5.41) is 67.7. The van der Waals surface area contributed by atoms with Gasteiger partial charge in [0, 0.05) is 39.5 Å². The Kier molecular flexibility index (Phi) is 15.8. The number of piperidine rings is 1. The second-order valence-electron chi connectivity index (χ2n) is 12.4. The van der Waals surface area contributed by atoms with Crippen molar-refractivity contribution in [3.05, 3.63) is 0 Å². The van der Waals surface area contributed by atoms with Crippen molar-refractivity contribution in [2.75, 3.05) is 39.9 Å². The van der Waals surface area contributed by atoms with Gasteiger partial charge in [-0.3, -0.25) is 19.2 Å². The van der Waals surface area contributed by atoms with E-state index in [2.05, 4.69) is 16.0 Å². The average Bonchev–Trinajstić information content (AvgIpc) is 3.08. The molecule has 0 aliphatic carbocycles. The molecule has 48 heavy (non-hydrogen) atoms. The minimum absolute atomic E-state index is 0.0127. The first kappa shape index (κ1) is 39.9. The van der Waals surface area contributed by atoms with E-state index in [1.807, 2.05) is 0 Å². The third-order valence-electron chi connectivity index (χ3n) is 8.88. The second-order valence-corrected chi connectivity index (χ2v) is 12.4. The van der Waals surface area contributed by atoms with E-state index in [1.54, 1.807) is 0 Å². The van der Waals surface area contributed by atoms with Crippen molar-refractivity contribution in [1.29, 1.82) is 0 Å². The Morgan fingerprint density at radius 2 is 1.21 bits per heavy atom. The highest BCUT2D eigenvalue weighted by atomic mass is 16.7. The van der Waals surface area contributed by atoms with Gasteiger partial charge >= 0.3 is 0 Å². The number of carbonyl (C=O) groups is 4. The molecular weight excluding hydrogens is 640 g/mol. The number of unbranched alkanes of at least 4 members (excludes halogenated alkanes) is 1. The smallest absolute Gasteiger partial charge is 0.242 e. The first-order valence-electron chi connectivity index (χ1n) is 16.4. The number of amides is 4. The van der Waals surface area contributed by atoms with Crippen LogP contribution in [0.15, 0.2) is 0 Å². The maximum absolute atomic E-state index is 13.3. The molecule has 3 saturated heterocycles. The van der Waals surface area contributed by atoms with Crippen molar-refractivity contribution >= 4 is 23.6 Å². The molecule has 18 heteroatoms. The molecule has 0 unspecified atom stereocenters. The summed E-state index contributed by atoms with van der Waals surface area (Å²) in [7, 11) is 1.52. The van der Waals surface area contributed by atoms with Crippen LogP contribution in [0.4, 0.5) is 0 Å². The van der Waals surface area contributed by atoms with E-state index in [0.29, 0.717) is 19.3 Å². The number of hydrogen-bond donors (Lipinski definition) is 9. The minimum atomic E-state index is -1.49. The molecule has 0 bridgehead atoms. The predicted molar refractivity (Wildman–Crippen MR) is 163 cm³/mol. The molecule has 3 heterocycles. The SMILES string of the molecule is CNC(=O)CCCCC(=O)N1C[C@H](C(=O)NCCO[C@@H]2O[C@@H](C)[C@@H](O)[C@@H](O)[C@@H]2O)CC[C@@H]1C(=O)NCCO[C@@H]1O[C@@H](C)[C@@H](O)[C@@H](O)[C@@H]1O. The largest absolute Gasteiger partial charge is 0.388 e. The molecule has 18 nitrogen and oxygen atoms in total. The van der Waals surface area contributed by atoms with Crippen molar-refractivity contribution in [3.63, 3.8) is 0 Å². The van der Waals surface area contributed by atoms with Crippen molar-refractivity contribution in [3.8, 4) is 0 Å². The molecule has 3 rings (SSSR count). The highest BCUT2D eigenvalue weighted by Crippen LogP contribution is 2.25. The highest BCUT2D eigenvalue weighted by Gasteiger charge is 2.44. The number of likely N-dealkylation sites (tertiary alicyclic amines) is 1. The molecule has 3 aliphatic heterocycles. The first-order chi connectivity index (χ1) is 22.8. The Labute approximate surface area is 279 Å². The lowest BCUT2D eigenvalue weighted by molar-refractivity contribution is -0.292. The van der Waals surface area contributed by atoms with Crippen LogP contribution in [0, 0.1) is 5.92 Å². The Bertz CT molecular complexity index is 1070. The Morgan fingerprint density at radius 1 is 0.708 bits per heavy atom. The molecule has 276 valence electrons. The Hall–Kier alpha value is -2.52. The summed E-state index contributed by atoms with van der Waals surface area (Å²) in [5.74, 6) is -1.97. The van der Waals surface area contributed by atoms with E-state index >= 15 is 0 Å². The van der Waals surface area contributed by atoms with Crippen LogP contribution in [0.5, 0.6) is 0 Å². The van der Waals surface area contributed by atoms with E-state index in [9.17, 15) is 49.8 Å². The Balaban J connectivity index is 1.51. The summed E-state index contributed by atoms with van der Waals surface area (Å²) >= 11 is 0. The van der Waals surface area contributed by atoms with Gasteiger partial charge in [-0.25, -0.2) is 0 Å². The molecule has 0 radical (unpaired) electrons. The molecule has 0 aromatic heterocycles. The molecule has 0 aromatic rings. The summed E-state index contributed by atoms with van der Waals surface area (Å²) < 4.78 is 21.7. The van der Waals surface area contributed by atoms with Crippen molar-refractivity contribution in [2.45, 2.75) is 120 Å². The predicted octanol–water partition coefficient (Wildman–Crippen LogP) is -4.18. The average molecular weight is 693 g/mol.